The summed E-state index contributed by atoms with van der Waals surface area (Å²) in [6.45, 7) is 1.87. The first-order valence-electron chi connectivity index (χ1n) is 7.33. The number of hydrogen-bond donors (Lipinski definition) is 1. The fourth-order valence-corrected chi connectivity index (χ4v) is 2.81. The zero-order chi connectivity index (χ0) is 17.3. The predicted octanol–water partition coefficient (Wildman–Crippen LogP) is 4.38. The third kappa shape index (κ3) is 3.48. The topological polar surface area (TPSA) is 38.3 Å². The van der Waals surface area contributed by atoms with E-state index < -0.39 is 17.7 Å². The summed E-state index contributed by atoms with van der Waals surface area (Å²) in [6.07, 6.45) is 1.76. The number of halogens is 3. The van der Waals surface area contributed by atoms with Crippen LogP contribution in [0.4, 0.5) is 8.78 Å². The molecule has 2 aromatic carbocycles. The van der Waals surface area contributed by atoms with Gasteiger partial charge in [-0.15, -0.1) is 0 Å². The molecular formula is C18H14BrF2NO2. The Morgan fingerprint density at radius 3 is 2.75 bits per heavy atom. The molecule has 0 radical (unpaired) electrons. The van der Waals surface area contributed by atoms with Gasteiger partial charge in [0.05, 0.1) is 11.6 Å². The van der Waals surface area contributed by atoms with Crippen LogP contribution in [0, 0.1) is 11.6 Å². The van der Waals surface area contributed by atoms with Crippen molar-refractivity contribution in [2.24, 2.45) is 0 Å². The first kappa shape index (κ1) is 16.6. The second kappa shape index (κ2) is 6.73. The molecule has 1 aliphatic rings. The van der Waals surface area contributed by atoms with Gasteiger partial charge in [0, 0.05) is 10.0 Å². The van der Waals surface area contributed by atoms with Crippen molar-refractivity contribution in [3.63, 3.8) is 0 Å². The highest BCUT2D eigenvalue weighted by Crippen LogP contribution is 2.29. The molecule has 0 fully saturated rings. The van der Waals surface area contributed by atoms with E-state index in [9.17, 15) is 13.6 Å². The van der Waals surface area contributed by atoms with Crippen LogP contribution < -0.4 is 10.1 Å². The zero-order valence-electron chi connectivity index (χ0n) is 12.8. The molecule has 0 aromatic heterocycles. The van der Waals surface area contributed by atoms with Crippen LogP contribution in [0.1, 0.15) is 24.1 Å². The van der Waals surface area contributed by atoms with Crippen molar-refractivity contribution in [1.29, 1.82) is 0 Å². The molecule has 24 heavy (non-hydrogen) atoms. The third-order valence-electron chi connectivity index (χ3n) is 3.77. The Balaban J connectivity index is 1.76. The fourth-order valence-electron chi connectivity index (χ4n) is 2.43. The molecule has 1 heterocycles. The Labute approximate surface area is 146 Å². The van der Waals surface area contributed by atoms with Gasteiger partial charge >= 0.3 is 0 Å². The third-order valence-corrected chi connectivity index (χ3v) is 4.26. The van der Waals surface area contributed by atoms with Gasteiger partial charge in [0.25, 0.3) is 5.91 Å². The molecule has 0 saturated heterocycles. The van der Waals surface area contributed by atoms with Crippen molar-refractivity contribution in [2.45, 2.75) is 13.0 Å². The second-order valence-corrected chi connectivity index (χ2v) is 6.42. The zero-order valence-corrected chi connectivity index (χ0v) is 14.4. The molecule has 1 amide bonds. The SMILES string of the molecule is CC(NC(=O)C1=Cc2cc(Br)ccc2OC1)c1ccc(F)c(F)c1. The van der Waals surface area contributed by atoms with Gasteiger partial charge < -0.3 is 10.1 Å². The highest BCUT2D eigenvalue weighted by molar-refractivity contribution is 9.10. The summed E-state index contributed by atoms with van der Waals surface area (Å²) < 4.78 is 32.8. The summed E-state index contributed by atoms with van der Waals surface area (Å²) in [5.41, 5.74) is 1.76. The number of nitrogens with one attached hydrogen (secondary N) is 1. The Morgan fingerprint density at radius 1 is 1.21 bits per heavy atom. The van der Waals surface area contributed by atoms with Crippen molar-refractivity contribution in [1.82, 2.24) is 5.32 Å². The maximum Gasteiger partial charge on any atom is 0.251 e. The van der Waals surface area contributed by atoms with E-state index in [1.54, 1.807) is 13.0 Å². The van der Waals surface area contributed by atoms with Gasteiger partial charge in [-0.1, -0.05) is 22.0 Å². The summed E-state index contributed by atoms with van der Waals surface area (Å²) in [7, 11) is 0. The van der Waals surface area contributed by atoms with E-state index in [-0.39, 0.29) is 12.5 Å². The van der Waals surface area contributed by atoms with E-state index in [1.807, 2.05) is 18.2 Å². The van der Waals surface area contributed by atoms with Gasteiger partial charge in [-0.25, -0.2) is 8.78 Å². The summed E-state index contributed by atoms with van der Waals surface area (Å²) in [5.74, 6) is -1.45. The molecule has 3 nitrogen and oxygen atoms in total. The Morgan fingerprint density at radius 2 is 2.00 bits per heavy atom. The number of ether oxygens (including phenoxy) is 1. The number of carbonyl (C=O) groups excluding carboxylic acids is 1. The van der Waals surface area contributed by atoms with Crippen LogP contribution in [0.2, 0.25) is 0 Å². The lowest BCUT2D eigenvalue weighted by Crippen LogP contribution is -2.31. The van der Waals surface area contributed by atoms with Gasteiger partial charge in [-0.2, -0.15) is 0 Å². The second-order valence-electron chi connectivity index (χ2n) is 5.51. The maximum atomic E-state index is 13.3. The highest BCUT2D eigenvalue weighted by atomic mass is 79.9. The minimum atomic E-state index is -0.937. The number of amides is 1. The summed E-state index contributed by atoms with van der Waals surface area (Å²) in [6, 6.07) is 8.67. The minimum absolute atomic E-state index is 0.158. The highest BCUT2D eigenvalue weighted by Gasteiger charge is 2.19. The minimum Gasteiger partial charge on any atom is -0.488 e. The lowest BCUT2D eigenvalue weighted by molar-refractivity contribution is -0.118. The monoisotopic (exact) mass is 393 g/mol. The number of fused-ring (bicyclic) bond motifs is 1. The van der Waals surface area contributed by atoms with Crippen LogP contribution in [0.15, 0.2) is 46.4 Å². The Kier molecular flexibility index (Phi) is 4.66. The predicted molar refractivity (Wildman–Crippen MR) is 90.5 cm³/mol. The molecule has 1 unspecified atom stereocenters. The lowest BCUT2D eigenvalue weighted by atomic mass is 10.1. The Bertz CT molecular complexity index is 836. The van der Waals surface area contributed by atoms with Crippen molar-refractivity contribution in [3.8, 4) is 5.75 Å². The summed E-state index contributed by atoms with van der Waals surface area (Å²) in [4.78, 5) is 12.4. The number of benzene rings is 2. The molecule has 6 heteroatoms. The van der Waals surface area contributed by atoms with Crippen LogP contribution >= 0.6 is 15.9 Å². The van der Waals surface area contributed by atoms with Crippen LogP contribution in [-0.4, -0.2) is 12.5 Å². The average Bonchev–Trinajstić information content (AvgIpc) is 2.56. The Hall–Kier alpha value is -2.21. The average molecular weight is 394 g/mol. The van der Waals surface area contributed by atoms with Gasteiger partial charge in [-0.3, -0.25) is 4.79 Å². The molecule has 1 aliphatic heterocycles. The molecular weight excluding hydrogens is 380 g/mol. The molecule has 0 saturated carbocycles. The largest absolute Gasteiger partial charge is 0.488 e. The summed E-state index contributed by atoms with van der Waals surface area (Å²) in [5, 5.41) is 2.77. The quantitative estimate of drug-likeness (QED) is 0.839. The number of carbonyl (C=O) groups is 1. The smallest absolute Gasteiger partial charge is 0.251 e. The molecule has 0 spiro atoms. The standard InChI is InChI=1S/C18H14BrF2NO2/c1-10(11-2-4-15(20)16(21)8-11)22-18(23)13-6-12-7-14(19)3-5-17(12)24-9-13/h2-8,10H,9H2,1H3,(H,22,23). The van der Waals surface area contributed by atoms with Gasteiger partial charge in [0.2, 0.25) is 0 Å². The van der Waals surface area contributed by atoms with E-state index in [4.69, 9.17) is 4.74 Å². The van der Waals surface area contributed by atoms with Crippen LogP contribution in [-0.2, 0) is 4.79 Å². The van der Waals surface area contributed by atoms with E-state index >= 15 is 0 Å². The maximum absolute atomic E-state index is 13.3. The van der Waals surface area contributed by atoms with E-state index in [2.05, 4.69) is 21.2 Å². The van der Waals surface area contributed by atoms with E-state index in [1.165, 1.54) is 6.07 Å². The number of hydrogen-bond acceptors (Lipinski definition) is 2. The van der Waals surface area contributed by atoms with Crippen molar-refractivity contribution in [3.05, 3.63) is 69.2 Å². The molecule has 2 aromatic rings. The first-order valence-corrected chi connectivity index (χ1v) is 8.12. The molecule has 0 bridgehead atoms. The number of rotatable bonds is 3. The normalized spacial score (nSPS) is 14.2. The molecule has 1 atom stereocenters. The van der Waals surface area contributed by atoms with Crippen molar-refractivity contribution >= 4 is 27.9 Å². The van der Waals surface area contributed by atoms with Crippen molar-refractivity contribution in [2.75, 3.05) is 6.61 Å². The van der Waals surface area contributed by atoms with Gasteiger partial charge in [0.15, 0.2) is 11.6 Å². The molecule has 0 aliphatic carbocycles. The van der Waals surface area contributed by atoms with Crippen LogP contribution in [0.5, 0.6) is 5.75 Å². The first-order chi connectivity index (χ1) is 11.4. The summed E-state index contributed by atoms with van der Waals surface area (Å²) >= 11 is 3.38. The molecule has 1 N–H and O–H groups in total. The van der Waals surface area contributed by atoms with Crippen LogP contribution in [0.25, 0.3) is 6.08 Å². The molecule has 124 valence electrons. The van der Waals surface area contributed by atoms with Gasteiger partial charge in [0.1, 0.15) is 12.4 Å². The molecule has 3 rings (SSSR count). The van der Waals surface area contributed by atoms with Crippen LogP contribution in [0.3, 0.4) is 0 Å². The lowest BCUT2D eigenvalue weighted by Gasteiger charge is -2.20. The fraction of sp³-hybridized carbons (Fsp3) is 0.167. The van der Waals surface area contributed by atoms with E-state index in [0.29, 0.717) is 16.9 Å². The van der Waals surface area contributed by atoms with E-state index in [0.717, 1.165) is 22.2 Å². The van der Waals surface area contributed by atoms with Gasteiger partial charge in [-0.05, 0) is 48.9 Å². The van der Waals surface area contributed by atoms with Crippen molar-refractivity contribution < 1.29 is 18.3 Å².